The van der Waals surface area contributed by atoms with Gasteiger partial charge < -0.3 is 10.1 Å². The molecule has 0 bridgehead atoms. The minimum Gasteiger partial charge on any atom is -0.381 e. The van der Waals surface area contributed by atoms with Gasteiger partial charge in [0.2, 0.25) is 0 Å². The molecule has 16 heavy (non-hydrogen) atoms. The summed E-state index contributed by atoms with van der Waals surface area (Å²) in [6, 6.07) is 0. The third-order valence-electron chi connectivity index (χ3n) is 3.03. The van der Waals surface area contributed by atoms with Crippen molar-refractivity contribution in [2.24, 2.45) is 0 Å². The molecule has 90 valence electrons. The summed E-state index contributed by atoms with van der Waals surface area (Å²) < 4.78 is 6.53. The van der Waals surface area contributed by atoms with Crippen LogP contribution in [0.4, 0.5) is 0 Å². The Hall–Kier alpha value is -0.390. The average Bonchev–Trinajstić information content (AvgIpc) is 2.69. The van der Waals surface area contributed by atoms with Crippen LogP contribution in [0.3, 0.4) is 0 Å². The maximum atomic E-state index is 5.37. The van der Waals surface area contributed by atoms with Gasteiger partial charge in [-0.1, -0.05) is 0 Å². The van der Waals surface area contributed by atoms with Crippen LogP contribution in [0.5, 0.6) is 0 Å². The van der Waals surface area contributed by atoms with Crippen molar-refractivity contribution in [1.82, 2.24) is 15.5 Å². The quantitative estimate of drug-likeness (QED) is 0.888. The van der Waals surface area contributed by atoms with Crippen molar-refractivity contribution in [3.63, 3.8) is 0 Å². The van der Waals surface area contributed by atoms with Crippen LogP contribution < -0.4 is 5.32 Å². The average molecular weight is 288 g/mol. The molecule has 2 heterocycles. The van der Waals surface area contributed by atoms with Gasteiger partial charge in [-0.2, -0.15) is 5.10 Å². The van der Waals surface area contributed by atoms with Crippen LogP contribution in [0, 0.1) is 0 Å². The van der Waals surface area contributed by atoms with Crippen LogP contribution in [0.15, 0.2) is 4.47 Å². The van der Waals surface area contributed by atoms with Crippen molar-refractivity contribution in [2.45, 2.75) is 25.2 Å². The second kappa shape index (κ2) is 5.80. The molecule has 0 atom stereocenters. The number of H-pyrrole nitrogens is 1. The van der Waals surface area contributed by atoms with Crippen molar-refractivity contribution < 1.29 is 4.74 Å². The van der Waals surface area contributed by atoms with Crippen LogP contribution in [0.2, 0.25) is 0 Å². The lowest BCUT2D eigenvalue weighted by Crippen LogP contribution is -2.14. The third kappa shape index (κ3) is 2.64. The molecular weight excluding hydrogens is 270 g/mol. The van der Waals surface area contributed by atoms with Gasteiger partial charge in [0.1, 0.15) is 0 Å². The second-order valence-corrected chi connectivity index (χ2v) is 4.93. The van der Waals surface area contributed by atoms with E-state index in [0.717, 1.165) is 43.5 Å². The monoisotopic (exact) mass is 287 g/mol. The van der Waals surface area contributed by atoms with Gasteiger partial charge in [0.05, 0.1) is 15.9 Å². The SMILES string of the molecule is CNCCc1[nH]nc(C2CCOCC2)c1Br. The van der Waals surface area contributed by atoms with E-state index in [9.17, 15) is 0 Å². The standard InChI is InChI=1S/C11H18BrN3O/c1-13-5-2-9-10(12)11(15-14-9)8-3-6-16-7-4-8/h8,13H,2-7H2,1H3,(H,14,15). The lowest BCUT2D eigenvalue weighted by atomic mass is 9.96. The first-order chi connectivity index (χ1) is 7.83. The van der Waals surface area contributed by atoms with Crippen LogP contribution >= 0.6 is 15.9 Å². The smallest absolute Gasteiger partial charge is 0.0799 e. The number of likely N-dealkylation sites (N-methyl/N-ethyl adjacent to an activating group) is 1. The van der Waals surface area contributed by atoms with E-state index in [4.69, 9.17) is 4.74 Å². The van der Waals surface area contributed by atoms with Crippen molar-refractivity contribution in [1.29, 1.82) is 0 Å². The molecule has 4 nitrogen and oxygen atoms in total. The summed E-state index contributed by atoms with van der Waals surface area (Å²) in [5.41, 5.74) is 2.37. The number of ether oxygens (including phenoxy) is 1. The summed E-state index contributed by atoms with van der Waals surface area (Å²) in [5, 5.41) is 10.7. The molecule has 2 rings (SSSR count). The van der Waals surface area contributed by atoms with Crippen LogP contribution in [0.1, 0.15) is 30.1 Å². The Morgan fingerprint density at radius 2 is 2.25 bits per heavy atom. The van der Waals surface area contributed by atoms with E-state index in [2.05, 4.69) is 31.4 Å². The van der Waals surface area contributed by atoms with Gasteiger partial charge in [-0.25, -0.2) is 0 Å². The van der Waals surface area contributed by atoms with E-state index >= 15 is 0 Å². The Morgan fingerprint density at radius 1 is 1.50 bits per heavy atom. The zero-order valence-corrected chi connectivity index (χ0v) is 11.1. The predicted molar refractivity (Wildman–Crippen MR) is 66.7 cm³/mol. The van der Waals surface area contributed by atoms with Gasteiger partial charge in [0.25, 0.3) is 0 Å². The third-order valence-corrected chi connectivity index (χ3v) is 3.92. The van der Waals surface area contributed by atoms with Gasteiger partial charge in [0, 0.05) is 32.1 Å². The number of hydrogen-bond acceptors (Lipinski definition) is 3. The minimum atomic E-state index is 0.544. The summed E-state index contributed by atoms with van der Waals surface area (Å²) in [6.45, 7) is 2.68. The Morgan fingerprint density at radius 3 is 2.94 bits per heavy atom. The summed E-state index contributed by atoms with van der Waals surface area (Å²) >= 11 is 3.65. The lowest BCUT2D eigenvalue weighted by molar-refractivity contribution is 0.0843. The normalized spacial score (nSPS) is 17.9. The molecule has 1 aliphatic rings. The molecule has 2 N–H and O–H groups in total. The summed E-state index contributed by atoms with van der Waals surface area (Å²) in [6.07, 6.45) is 3.14. The Kier molecular flexibility index (Phi) is 4.37. The van der Waals surface area contributed by atoms with E-state index in [1.54, 1.807) is 0 Å². The molecule has 0 amide bonds. The zero-order chi connectivity index (χ0) is 11.4. The van der Waals surface area contributed by atoms with Crippen LogP contribution in [0.25, 0.3) is 0 Å². The van der Waals surface area contributed by atoms with Gasteiger partial charge in [-0.05, 0) is 35.8 Å². The number of aromatic nitrogens is 2. The number of halogens is 1. The first-order valence-corrected chi connectivity index (χ1v) is 6.57. The Bertz CT molecular complexity index is 334. The molecule has 0 saturated carbocycles. The summed E-state index contributed by atoms with van der Waals surface area (Å²) in [7, 11) is 1.96. The molecule has 0 aliphatic carbocycles. The molecule has 0 aromatic carbocycles. The second-order valence-electron chi connectivity index (χ2n) is 4.14. The zero-order valence-electron chi connectivity index (χ0n) is 9.55. The molecule has 5 heteroatoms. The molecule has 1 aromatic rings. The highest BCUT2D eigenvalue weighted by molar-refractivity contribution is 9.10. The van der Waals surface area contributed by atoms with Gasteiger partial charge in [-0.15, -0.1) is 0 Å². The highest BCUT2D eigenvalue weighted by Crippen LogP contribution is 2.32. The van der Waals surface area contributed by atoms with Gasteiger partial charge in [-0.3, -0.25) is 5.10 Å². The molecule has 1 saturated heterocycles. The van der Waals surface area contributed by atoms with Crippen molar-refractivity contribution in [3.8, 4) is 0 Å². The molecular formula is C11H18BrN3O. The minimum absolute atomic E-state index is 0.544. The van der Waals surface area contributed by atoms with E-state index in [1.165, 1.54) is 11.4 Å². The van der Waals surface area contributed by atoms with E-state index < -0.39 is 0 Å². The fraction of sp³-hybridized carbons (Fsp3) is 0.727. The lowest BCUT2D eigenvalue weighted by Gasteiger charge is -2.20. The predicted octanol–water partition coefficient (Wildman–Crippen LogP) is 1.83. The van der Waals surface area contributed by atoms with Crippen molar-refractivity contribution >= 4 is 15.9 Å². The Balaban J connectivity index is 2.06. The molecule has 1 aromatic heterocycles. The number of hydrogen-bond donors (Lipinski definition) is 2. The molecule has 1 fully saturated rings. The number of nitrogens with one attached hydrogen (secondary N) is 2. The number of nitrogens with zero attached hydrogens (tertiary/aromatic N) is 1. The topological polar surface area (TPSA) is 49.9 Å². The van der Waals surface area contributed by atoms with E-state index in [1.807, 2.05) is 7.05 Å². The van der Waals surface area contributed by atoms with E-state index in [-0.39, 0.29) is 0 Å². The fourth-order valence-electron chi connectivity index (χ4n) is 2.04. The number of aromatic amines is 1. The first-order valence-electron chi connectivity index (χ1n) is 5.78. The molecule has 0 spiro atoms. The largest absolute Gasteiger partial charge is 0.381 e. The maximum Gasteiger partial charge on any atom is 0.0799 e. The summed E-state index contributed by atoms with van der Waals surface area (Å²) in [4.78, 5) is 0. The Labute approximate surface area is 104 Å². The maximum absolute atomic E-state index is 5.37. The summed E-state index contributed by atoms with van der Waals surface area (Å²) in [5.74, 6) is 0.544. The van der Waals surface area contributed by atoms with Crippen LogP contribution in [-0.2, 0) is 11.2 Å². The van der Waals surface area contributed by atoms with Crippen LogP contribution in [-0.4, -0.2) is 37.0 Å². The van der Waals surface area contributed by atoms with Gasteiger partial charge in [0.15, 0.2) is 0 Å². The van der Waals surface area contributed by atoms with Gasteiger partial charge >= 0.3 is 0 Å². The molecule has 0 unspecified atom stereocenters. The molecule has 0 radical (unpaired) electrons. The highest BCUT2D eigenvalue weighted by Gasteiger charge is 2.22. The fourth-order valence-corrected chi connectivity index (χ4v) is 2.74. The number of rotatable bonds is 4. The first kappa shape index (κ1) is 12.1. The van der Waals surface area contributed by atoms with Crippen molar-refractivity contribution in [3.05, 3.63) is 15.9 Å². The van der Waals surface area contributed by atoms with Crippen molar-refractivity contribution in [2.75, 3.05) is 26.8 Å². The molecule has 1 aliphatic heterocycles. The highest BCUT2D eigenvalue weighted by atomic mass is 79.9. The van der Waals surface area contributed by atoms with E-state index in [0.29, 0.717) is 5.92 Å².